The number of nitrogens with zero attached hydrogens (tertiary/aromatic N) is 3. The predicted molar refractivity (Wildman–Crippen MR) is 65.5 cm³/mol. The standard InChI is InChI=1S/C11H20N4O2/c1-6-16-10-13-9(12-5)14-11(15-10)17-8(4)7(2)3/h7-8H,6H2,1-5H3,(H,12,13,14,15). The van der Waals surface area contributed by atoms with E-state index in [0.29, 0.717) is 18.5 Å². The van der Waals surface area contributed by atoms with Crippen LogP contribution in [0.15, 0.2) is 0 Å². The molecule has 0 aliphatic rings. The van der Waals surface area contributed by atoms with Crippen molar-refractivity contribution in [2.45, 2.75) is 33.8 Å². The van der Waals surface area contributed by atoms with E-state index in [1.54, 1.807) is 7.05 Å². The Hall–Kier alpha value is -1.59. The van der Waals surface area contributed by atoms with Crippen LogP contribution in [0.25, 0.3) is 0 Å². The van der Waals surface area contributed by atoms with Gasteiger partial charge in [0, 0.05) is 7.05 Å². The normalized spacial score (nSPS) is 12.4. The van der Waals surface area contributed by atoms with Crippen LogP contribution in [0.1, 0.15) is 27.7 Å². The molecule has 17 heavy (non-hydrogen) atoms. The Balaban J connectivity index is 2.86. The third-order valence-electron chi connectivity index (χ3n) is 2.32. The molecule has 1 N–H and O–H groups in total. The molecular weight excluding hydrogens is 220 g/mol. The zero-order valence-corrected chi connectivity index (χ0v) is 11.0. The lowest BCUT2D eigenvalue weighted by atomic mass is 10.1. The van der Waals surface area contributed by atoms with E-state index in [1.807, 2.05) is 13.8 Å². The Labute approximate surface area is 102 Å². The van der Waals surface area contributed by atoms with Crippen LogP contribution in [-0.4, -0.2) is 34.7 Å². The fraction of sp³-hybridized carbons (Fsp3) is 0.727. The van der Waals surface area contributed by atoms with Gasteiger partial charge in [-0.15, -0.1) is 4.98 Å². The lowest BCUT2D eigenvalue weighted by molar-refractivity contribution is 0.153. The molecule has 96 valence electrons. The zero-order chi connectivity index (χ0) is 12.8. The summed E-state index contributed by atoms with van der Waals surface area (Å²) < 4.78 is 10.9. The molecule has 6 nitrogen and oxygen atoms in total. The highest BCUT2D eigenvalue weighted by molar-refractivity contribution is 5.26. The molecule has 6 heteroatoms. The Morgan fingerprint density at radius 3 is 2.29 bits per heavy atom. The van der Waals surface area contributed by atoms with E-state index in [0.717, 1.165) is 0 Å². The van der Waals surface area contributed by atoms with Gasteiger partial charge in [0.15, 0.2) is 0 Å². The van der Waals surface area contributed by atoms with Gasteiger partial charge in [-0.2, -0.15) is 9.97 Å². The molecule has 0 saturated heterocycles. The van der Waals surface area contributed by atoms with Crippen molar-refractivity contribution in [1.29, 1.82) is 0 Å². The van der Waals surface area contributed by atoms with Crippen molar-refractivity contribution in [1.82, 2.24) is 15.0 Å². The second-order valence-electron chi connectivity index (χ2n) is 3.97. The third-order valence-corrected chi connectivity index (χ3v) is 2.32. The number of nitrogens with one attached hydrogen (secondary N) is 1. The van der Waals surface area contributed by atoms with E-state index in [2.05, 4.69) is 34.1 Å². The van der Waals surface area contributed by atoms with Gasteiger partial charge in [0.25, 0.3) is 0 Å². The van der Waals surface area contributed by atoms with Crippen LogP contribution in [0.4, 0.5) is 5.95 Å². The molecular formula is C11H20N4O2. The van der Waals surface area contributed by atoms with Gasteiger partial charge in [-0.1, -0.05) is 13.8 Å². The summed E-state index contributed by atoms with van der Waals surface area (Å²) in [4.78, 5) is 12.3. The fourth-order valence-electron chi connectivity index (χ4n) is 0.999. The largest absolute Gasteiger partial charge is 0.464 e. The van der Waals surface area contributed by atoms with Crippen LogP contribution in [0.2, 0.25) is 0 Å². The maximum Gasteiger partial charge on any atom is 0.324 e. The van der Waals surface area contributed by atoms with Crippen molar-refractivity contribution < 1.29 is 9.47 Å². The predicted octanol–water partition coefficient (Wildman–Crippen LogP) is 1.74. The first-order valence-electron chi connectivity index (χ1n) is 5.80. The highest BCUT2D eigenvalue weighted by Gasteiger charge is 2.13. The van der Waals surface area contributed by atoms with Gasteiger partial charge in [0.2, 0.25) is 5.95 Å². The molecule has 0 saturated carbocycles. The van der Waals surface area contributed by atoms with Crippen molar-refractivity contribution in [3.8, 4) is 12.0 Å². The molecule has 1 rings (SSSR count). The van der Waals surface area contributed by atoms with Gasteiger partial charge in [-0.3, -0.25) is 0 Å². The molecule has 0 radical (unpaired) electrons. The smallest absolute Gasteiger partial charge is 0.324 e. The SMILES string of the molecule is CCOc1nc(NC)nc(OC(C)C(C)C)n1. The third kappa shape index (κ3) is 4.05. The van der Waals surface area contributed by atoms with Crippen LogP contribution in [0.5, 0.6) is 12.0 Å². The summed E-state index contributed by atoms with van der Waals surface area (Å²) in [6.45, 7) is 8.52. The molecule has 0 aliphatic carbocycles. The van der Waals surface area contributed by atoms with Gasteiger partial charge in [0.05, 0.1) is 6.61 Å². The second-order valence-corrected chi connectivity index (χ2v) is 3.97. The molecule has 0 spiro atoms. The summed E-state index contributed by atoms with van der Waals surface area (Å²) in [5.74, 6) is 0.828. The molecule has 1 atom stereocenters. The highest BCUT2D eigenvalue weighted by atomic mass is 16.5. The van der Waals surface area contributed by atoms with Crippen LogP contribution in [0, 0.1) is 5.92 Å². The van der Waals surface area contributed by atoms with E-state index in [9.17, 15) is 0 Å². The van der Waals surface area contributed by atoms with Crippen LogP contribution >= 0.6 is 0 Å². The summed E-state index contributed by atoms with van der Waals surface area (Å²) in [5, 5.41) is 2.85. The minimum absolute atomic E-state index is 0.0385. The number of aromatic nitrogens is 3. The van der Waals surface area contributed by atoms with Gasteiger partial charge in [-0.25, -0.2) is 0 Å². The molecule has 0 fully saturated rings. The number of hydrogen-bond donors (Lipinski definition) is 1. The lowest BCUT2D eigenvalue weighted by Gasteiger charge is -2.16. The molecule has 1 aromatic rings. The Kier molecular flexibility index (Phi) is 4.93. The Morgan fingerprint density at radius 1 is 1.12 bits per heavy atom. The lowest BCUT2D eigenvalue weighted by Crippen LogP contribution is -2.20. The number of rotatable bonds is 6. The second kappa shape index (κ2) is 6.22. The average molecular weight is 240 g/mol. The van der Waals surface area contributed by atoms with E-state index in [1.165, 1.54) is 0 Å². The van der Waals surface area contributed by atoms with Crippen LogP contribution in [-0.2, 0) is 0 Å². The average Bonchev–Trinajstić information content (AvgIpc) is 2.28. The minimum atomic E-state index is 0.0385. The van der Waals surface area contributed by atoms with E-state index in [4.69, 9.17) is 9.47 Å². The number of ether oxygens (including phenoxy) is 2. The summed E-state index contributed by atoms with van der Waals surface area (Å²) in [5.41, 5.74) is 0. The first-order chi connectivity index (χ1) is 8.06. The summed E-state index contributed by atoms with van der Waals surface area (Å²) in [7, 11) is 1.74. The topological polar surface area (TPSA) is 69.2 Å². The molecule has 0 aromatic carbocycles. The summed E-state index contributed by atoms with van der Waals surface area (Å²) in [6, 6.07) is 0.562. The molecule has 0 aliphatic heterocycles. The summed E-state index contributed by atoms with van der Waals surface area (Å²) >= 11 is 0. The molecule has 1 heterocycles. The maximum atomic E-state index is 5.62. The highest BCUT2D eigenvalue weighted by Crippen LogP contribution is 2.15. The zero-order valence-electron chi connectivity index (χ0n) is 11.0. The number of hydrogen-bond acceptors (Lipinski definition) is 6. The van der Waals surface area contributed by atoms with E-state index in [-0.39, 0.29) is 18.1 Å². The molecule has 0 amide bonds. The van der Waals surface area contributed by atoms with Crippen LogP contribution < -0.4 is 14.8 Å². The monoisotopic (exact) mass is 240 g/mol. The van der Waals surface area contributed by atoms with Crippen LogP contribution in [0.3, 0.4) is 0 Å². The number of anilines is 1. The first kappa shape index (κ1) is 13.5. The van der Waals surface area contributed by atoms with Crippen molar-refractivity contribution in [3.05, 3.63) is 0 Å². The minimum Gasteiger partial charge on any atom is -0.464 e. The maximum absolute atomic E-state index is 5.62. The molecule has 1 aromatic heterocycles. The van der Waals surface area contributed by atoms with Crippen molar-refractivity contribution in [2.24, 2.45) is 5.92 Å². The first-order valence-corrected chi connectivity index (χ1v) is 5.80. The van der Waals surface area contributed by atoms with Gasteiger partial charge in [-0.05, 0) is 19.8 Å². The van der Waals surface area contributed by atoms with Gasteiger partial charge < -0.3 is 14.8 Å². The van der Waals surface area contributed by atoms with E-state index < -0.39 is 0 Å². The summed E-state index contributed by atoms with van der Waals surface area (Å²) in [6.07, 6.45) is 0.0385. The van der Waals surface area contributed by atoms with Crippen molar-refractivity contribution >= 4 is 5.95 Å². The Bertz CT molecular complexity index is 357. The van der Waals surface area contributed by atoms with Crippen molar-refractivity contribution in [3.63, 3.8) is 0 Å². The molecule has 1 unspecified atom stereocenters. The van der Waals surface area contributed by atoms with Gasteiger partial charge >= 0.3 is 12.0 Å². The van der Waals surface area contributed by atoms with E-state index >= 15 is 0 Å². The van der Waals surface area contributed by atoms with Crippen molar-refractivity contribution in [2.75, 3.05) is 19.0 Å². The fourth-order valence-corrected chi connectivity index (χ4v) is 0.999. The van der Waals surface area contributed by atoms with Gasteiger partial charge in [0.1, 0.15) is 6.10 Å². The molecule has 0 bridgehead atoms. The Morgan fingerprint density at radius 2 is 1.76 bits per heavy atom. The quantitative estimate of drug-likeness (QED) is 0.816.